The highest BCUT2D eigenvalue weighted by atomic mass is 19.4. The minimum Gasteiger partial charge on any atom is -0.480 e. The molecule has 19 heavy (non-hydrogen) atoms. The predicted octanol–water partition coefficient (Wildman–Crippen LogP) is 2.46. The topological polar surface area (TPSA) is 49.3 Å². The molecule has 2 N–H and O–H groups in total. The molecule has 0 saturated heterocycles. The van der Waals surface area contributed by atoms with Crippen LogP contribution in [-0.2, 0) is 11.3 Å². The van der Waals surface area contributed by atoms with Gasteiger partial charge in [-0.1, -0.05) is 6.07 Å². The molecule has 0 bridgehead atoms. The maximum absolute atomic E-state index is 12.9. The monoisotopic (exact) mass is 283 g/mol. The van der Waals surface area contributed by atoms with E-state index in [2.05, 4.69) is 0 Å². The van der Waals surface area contributed by atoms with Crippen LogP contribution in [0.5, 0.6) is 0 Å². The lowest BCUT2D eigenvalue weighted by Gasteiger charge is -2.28. The van der Waals surface area contributed by atoms with Gasteiger partial charge in [-0.05, 0) is 24.6 Å². The van der Waals surface area contributed by atoms with E-state index in [4.69, 9.17) is 5.11 Å². The Hall–Kier alpha value is -1.70. The van der Waals surface area contributed by atoms with Crippen LogP contribution in [0.4, 0.5) is 22.0 Å². The molecule has 0 amide bonds. The van der Waals surface area contributed by atoms with Crippen molar-refractivity contribution < 1.29 is 31.9 Å². The fraction of sp³-hybridized carbons (Fsp3) is 0.364. The van der Waals surface area contributed by atoms with Crippen LogP contribution in [0.2, 0.25) is 0 Å². The summed E-state index contributed by atoms with van der Waals surface area (Å²) in [6.45, 7) is -0.116. The van der Waals surface area contributed by atoms with E-state index in [-0.39, 0.29) is 5.56 Å². The smallest absolute Gasteiger partial charge is 0.417 e. The maximum Gasteiger partial charge on any atom is 0.417 e. The third kappa shape index (κ3) is 3.19. The van der Waals surface area contributed by atoms with Gasteiger partial charge in [0.1, 0.15) is 0 Å². The highest BCUT2D eigenvalue weighted by Crippen LogP contribution is 2.30. The van der Waals surface area contributed by atoms with Crippen LogP contribution in [0.3, 0.4) is 0 Å². The fourth-order valence-electron chi connectivity index (χ4n) is 1.23. The summed E-state index contributed by atoms with van der Waals surface area (Å²) in [7, 11) is 0. The zero-order valence-corrected chi connectivity index (χ0v) is 9.68. The van der Waals surface area contributed by atoms with Gasteiger partial charge in [0.25, 0.3) is 0 Å². The Kier molecular flexibility index (Phi) is 4.14. The van der Waals surface area contributed by atoms with E-state index in [1.165, 1.54) is 0 Å². The number of halogens is 5. The fourth-order valence-corrected chi connectivity index (χ4v) is 1.23. The summed E-state index contributed by atoms with van der Waals surface area (Å²) in [6, 6.07) is 2.50. The number of carbonyl (C=O) groups is 1. The highest BCUT2D eigenvalue weighted by molar-refractivity contribution is 5.79. The molecule has 0 fully saturated rings. The van der Waals surface area contributed by atoms with E-state index >= 15 is 0 Å². The second-order valence-corrected chi connectivity index (χ2v) is 4.03. The van der Waals surface area contributed by atoms with Crippen molar-refractivity contribution >= 4 is 5.97 Å². The molecule has 0 aliphatic heterocycles. The van der Waals surface area contributed by atoms with Gasteiger partial charge in [-0.2, -0.15) is 13.2 Å². The summed E-state index contributed by atoms with van der Waals surface area (Å²) in [5, 5.41) is 10.4. The Morgan fingerprint density at radius 3 is 2.26 bits per heavy atom. The van der Waals surface area contributed by atoms with Crippen LogP contribution in [0.25, 0.3) is 0 Å². The second-order valence-electron chi connectivity index (χ2n) is 4.03. The van der Waals surface area contributed by atoms with Gasteiger partial charge in [0.05, 0.1) is 0 Å². The van der Waals surface area contributed by atoms with Crippen molar-refractivity contribution in [2.45, 2.75) is 25.2 Å². The number of hydrogen-bond donors (Lipinski definition) is 2. The van der Waals surface area contributed by atoms with E-state index in [0.717, 1.165) is 12.1 Å². The zero-order chi connectivity index (χ0) is 14.8. The SMILES string of the molecule is CC(NCc1ccc(F)c(F)c1)(C(=O)O)C(F)(F)F. The van der Waals surface area contributed by atoms with E-state index in [1.807, 2.05) is 0 Å². The summed E-state index contributed by atoms with van der Waals surface area (Å²) < 4.78 is 63.3. The minimum absolute atomic E-state index is 0.00405. The molecular formula is C11H10F5NO2. The summed E-state index contributed by atoms with van der Waals surface area (Å²) in [5.41, 5.74) is -3.17. The lowest BCUT2D eigenvalue weighted by molar-refractivity contribution is -0.206. The average molecular weight is 283 g/mol. The van der Waals surface area contributed by atoms with E-state index in [9.17, 15) is 26.7 Å². The van der Waals surface area contributed by atoms with Gasteiger partial charge < -0.3 is 5.11 Å². The van der Waals surface area contributed by atoms with E-state index in [0.29, 0.717) is 13.0 Å². The van der Waals surface area contributed by atoms with E-state index < -0.39 is 35.9 Å². The molecule has 106 valence electrons. The summed E-state index contributed by atoms with van der Waals surface area (Å²) >= 11 is 0. The van der Waals surface area contributed by atoms with Gasteiger partial charge >= 0.3 is 12.1 Å². The van der Waals surface area contributed by atoms with Gasteiger partial charge in [-0.3, -0.25) is 5.32 Å². The van der Waals surface area contributed by atoms with Crippen molar-refractivity contribution in [2.75, 3.05) is 0 Å². The van der Waals surface area contributed by atoms with Gasteiger partial charge in [-0.25, -0.2) is 13.6 Å². The van der Waals surface area contributed by atoms with Crippen LogP contribution < -0.4 is 5.32 Å². The molecule has 1 aromatic carbocycles. The standard InChI is InChI=1S/C11H10F5NO2/c1-10(9(18)19,11(14,15)16)17-5-6-2-3-7(12)8(13)4-6/h2-4,17H,5H2,1H3,(H,18,19). The van der Waals surface area contributed by atoms with Crippen molar-refractivity contribution in [3.8, 4) is 0 Å². The van der Waals surface area contributed by atoms with Gasteiger partial charge in [-0.15, -0.1) is 0 Å². The molecule has 1 unspecified atom stereocenters. The Balaban J connectivity index is 2.89. The second kappa shape index (κ2) is 5.12. The summed E-state index contributed by atoms with van der Waals surface area (Å²) in [6.07, 6.45) is -5.03. The number of aliphatic carboxylic acids is 1. The number of carboxylic acids is 1. The third-order valence-corrected chi connectivity index (χ3v) is 2.62. The Morgan fingerprint density at radius 2 is 1.84 bits per heavy atom. The first-order valence-corrected chi connectivity index (χ1v) is 5.07. The molecule has 8 heteroatoms. The molecule has 0 aliphatic carbocycles. The molecule has 1 atom stereocenters. The lowest BCUT2D eigenvalue weighted by atomic mass is 10.0. The molecule has 0 spiro atoms. The van der Waals surface area contributed by atoms with Gasteiger partial charge in [0, 0.05) is 6.54 Å². The van der Waals surface area contributed by atoms with Crippen molar-refractivity contribution in [2.24, 2.45) is 0 Å². The minimum atomic E-state index is -5.03. The first-order valence-electron chi connectivity index (χ1n) is 5.07. The molecular weight excluding hydrogens is 273 g/mol. The number of carboxylic acid groups (broad SMARTS) is 1. The van der Waals surface area contributed by atoms with Crippen LogP contribution in [-0.4, -0.2) is 22.8 Å². The third-order valence-electron chi connectivity index (χ3n) is 2.62. The molecule has 3 nitrogen and oxygen atoms in total. The Bertz CT molecular complexity index is 488. The molecule has 0 saturated carbocycles. The van der Waals surface area contributed by atoms with Gasteiger partial charge in [0.15, 0.2) is 11.6 Å². The number of nitrogens with one attached hydrogen (secondary N) is 1. The Morgan fingerprint density at radius 1 is 1.26 bits per heavy atom. The van der Waals surface area contributed by atoms with Crippen LogP contribution in [0, 0.1) is 11.6 Å². The molecule has 0 heterocycles. The van der Waals surface area contributed by atoms with Crippen LogP contribution in [0.1, 0.15) is 12.5 Å². The number of hydrogen-bond acceptors (Lipinski definition) is 2. The van der Waals surface area contributed by atoms with Crippen molar-refractivity contribution in [1.29, 1.82) is 0 Å². The van der Waals surface area contributed by atoms with E-state index in [1.54, 1.807) is 5.32 Å². The molecule has 1 aromatic rings. The predicted molar refractivity (Wildman–Crippen MR) is 55.3 cm³/mol. The summed E-state index contributed by atoms with van der Waals surface area (Å²) in [4.78, 5) is 10.7. The normalized spacial score (nSPS) is 15.1. The first-order chi connectivity index (χ1) is 8.58. The van der Waals surface area contributed by atoms with Crippen LogP contribution in [0.15, 0.2) is 18.2 Å². The maximum atomic E-state index is 12.9. The highest BCUT2D eigenvalue weighted by Gasteiger charge is 2.57. The molecule has 1 rings (SSSR count). The summed E-state index contributed by atoms with van der Waals surface area (Å²) in [5.74, 6) is -4.47. The number of alkyl halides is 3. The van der Waals surface area contributed by atoms with Crippen molar-refractivity contribution in [3.63, 3.8) is 0 Å². The van der Waals surface area contributed by atoms with Crippen LogP contribution >= 0.6 is 0 Å². The lowest BCUT2D eigenvalue weighted by Crippen LogP contribution is -2.59. The molecule has 0 radical (unpaired) electrons. The molecule has 0 aliphatic rings. The largest absolute Gasteiger partial charge is 0.480 e. The Labute approximate surface area is 105 Å². The first kappa shape index (κ1) is 15.4. The van der Waals surface area contributed by atoms with Crippen molar-refractivity contribution in [3.05, 3.63) is 35.4 Å². The molecule has 0 aromatic heterocycles. The number of benzene rings is 1. The number of rotatable bonds is 4. The quantitative estimate of drug-likeness (QED) is 0.834. The van der Waals surface area contributed by atoms with Gasteiger partial charge in [0.2, 0.25) is 5.54 Å². The zero-order valence-electron chi connectivity index (χ0n) is 9.68. The average Bonchev–Trinajstić information content (AvgIpc) is 2.28. The van der Waals surface area contributed by atoms with Crippen molar-refractivity contribution in [1.82, 2.24) is 5.32 Å².